The van der Waals surface area contributed by atoms with E-state index in [0.29, 0.717) is 22.1 Å². The lowest BCUT2D eigenvalue weighted by Gasteiger charge is -2.13. The predicted molar refractivity (Wildman–Crippen MR) is 80.8 cm³/mol. The Kier molecular flexibility index (Phi) is 4.23. The molecule has 112 valence electrons. The molecule has 0 aliphatic rings. The summed E-state index contributed by atoms with van der Waals surface area (Å²) in [7, 11) is 4.56. The van der Waals surface area contributed by atoms with Crippen LogP contribution in [0.15, 0.2) is 18.2 Å². The first kappa shape index (κ1) is 15.0. The Morgan fingerprint density at radius 3 is 2.05 bits per heavy atom. The van der Waals surface area contributed by atoms with E-state index in [1.54, 1.807) is 18.2 Å². The van der Waals surface area contributed by atoms with Gasteiger partial charge in [-0.25, -0.2) is 4.79 Å². The minimum absolute atomic E-state index is 0.110. The summed E-state index contributed by atoms with van der Waals surface area (Å²) < 4.78 is 15.8. The lowest BCUT2D eigenvalue weighted by Crippen LogP contribution is -1.96. The summed E-state index contributed by atoms with van der Waals surface area (Å²) in [4.78, 5) is 11.9. The minimum atomic E-state index is -1.05. The SMILES string of the molecule is COc1cc(-c2cc(N)c(C(=O)O)s2)cc(OC)c1OC. The van der Waals surface area contributed by atoms with Crippen molar-refractivity contribution >= 4 is 23.0 Å². The van der Waals surface area contributed by atoms with Crippen molar-refractivity contribution in [3.63, 3.8) is 0 Å². The van der Waals surface area contributed by atoms with Gasteiger partial charge in [-0.3, -0.25) is 0 Å². The van der Waals surface area contributed by atoms with Crippen molar-refractivity contribution in [2.24, 2.45) is 0 Å². The molecule has 0 atom stereocenters. The molecule has 2 aromatic rings. The third kappa shape index (κ3) is 2.73. The van der Waals surface area contributed by atoms with Crippen molar-refractivity contribution < 1.29 is 24.1 Å². The van der Waals surface area contributed by atoms with Gasteiger partial charge >= 0.3 is 5.97 Å². The fourth-order valence-electron chi connectivity index (χ4n) is 1.94. The molecule has 6 nitrogen and oxygen atoms in total. The average molecular weight is 309 g/mol. The van der Waals surface area contributed by atoms with Gasteiger partial charge in [0.25, 0.3) is 0 Å². The van der Waals surface area contributed by atoms with E-state index in [1.807, 2.05) is 0 Å². The van der Waals surface area contributed by atoms with Gasteiger partial charge in [0.05, 0.1) is 27.0 Å². The van der Waals surface area contributed by atoms with Crippen LogP contribution in [0, 0.1) is 0 Å². The van der Waals surface area contributed by atoms with Crippen LogP contribution in [-0.2, 0) is 0 Å². The number of nitrogen functional groups attached to an aromatic ring is 1. The quantitative estimate of drug-likeness (QED) is 0.882. The van der Waals surface area contributed by atoms with E-state index in [9.17, 15) is 4.79 Å². The lowest BCUT2D eigenvalue weighted by atomic mass is 10.1. The molecule has 7 heteroatoms. The molecule has 0 fully saturated rings. The molecule has 0 radical (unpaired) electrons. The Morgan fingerprint density at radius 2 is 1.67 bits per heavy atom. The molecular weight excluding hydrogens is 294 g/mol. The summed E-state index contributed by atoms with van der Waals surface area (Å²) >= 11 is 1.10. The smallest absolute Gasteiger partial charge is 0.348 e. The number of rotatable bonds is 5. The zero-order valence-electron chi connectivity index (χ0n) is 11.8. The van der Waals surface area contributed by atoms with E-state index in [2.05, 4.69) is 0 Å². The summed E-state index contributed by atoms with van der Waals surface area (Å²) in [5, 5.41) is 9.07. The number of thiophene rings is 1. The van der Waals surface area contributed by atoms with Gasteiger partial charge in [0, 0.05) is 4.88 Å². The maximum absolute atomic E-state index is 11.1. The van der Waals surface area contributed by atoms with Crippen molar-refractivity contribution in [1.29, 1.82) is 0 Å². The van der Waals surface area contributed by atoms with Crippen molar-refractivity contribution in [3.8, 4) is 27.7 Å². The fourth-order valence-corrected chi connectivity index (χ4v) is 2.84. The normalized spacial score (nSPS) is 10.2. The lowest BCUT2D eigenvalue weighted by molar-refractivity contribution is 0.0703. The standard InChI is InChI=1S/C14H15NO5S/c1-18-9-4-7(5-10(19-2)12(9)20-3)11-6-8(15)13(21-11)14(16)17/h4-6H,15H2,1-3H3,(H,16,17). The van der Waals surface area contributed by atoms with E-state index in [1.165, 1.54) is 21.3 Å². The predicted octanol–water partition coefficient (Wildman–Crippen LogP) is 2.72. The number of carboxylic acid groups (broad SMARTS) is 1. The van der Waals surface area contributed by atoms with E-state index in [0.717, 1.165) is 16.9 Å². The molecule has 1 aromatic heterocycles. The van der Waals surface area contributed by atoms with Gasteiger partial charge in [-0.05, 0) is 23.8 Å². The van der Waals surface area contributed by atoms with Crippen molar-refractivity contribution in [2.75, 3.05) is 27.1 Å². The summed E-state index contributed by atoms with van der Waals surface area (Å²) in [6.45, 7) is 0. The van der Waals surface area contributed by atoms with Gasteiger partial charge in [-0.2, -0.15) is 0 Å². The van der Waals surface area contributed by atoms with Crippen LogP contribution in [0.5, 0.6) is 17.2 Å². The third-order valence-corrected chi connectivity index (χ3v) is 4.09. The van der Waals surface area contributed by atoms with Crippen LogP contribution in [0.3, 0.4) is 0 Å². The van der Waals surface area contributed by atoms with E-state index in [4.69, 9.17) is 25.1 Å². The third-order valence-electron chi connectivity index (χ3n) is 2.90. The van der Waals surface area contributed by atoms with Crippen LogP contribution in [0.25, 0.3) is 10.4 Å². The second kappa shape index (κ2) is 5.92. The number of carboxylic acids is 1. The Morgan fingerprint density at radius 1 is 1.10 bits per heavy atom. The number of hydrogen-bond donors (Lipinski definition) is 2. The number of ether oxygens (including phenoxy) is 3. The second-order valence-electron chi connectivity index (χ2n) is 4.11. The fraction of sp³-hybridized carbons (Fsp3) is 0.214. The molecule has 0 saturated carbocycles. The van der Waals surface area contributed by atoms with Crippen LogP contribution in [0.2, 0.25) is 0 Å². The van der Waals surface area contributed by atoms with Crippen molar-refractivity contribution in [1.82, 2.24) is 0 Å². The zero-order valence-corrected chi connectivity index (χ0v) is 12.6. The topological polar surface area (TPSA) is 91.0 Å². The summed E-state index contributed by atoms with van der Waals surface area (Å²) in [6.07, 6.45) is 0. The van der Waals surface area contributed by atoms with Crippen LogP contribution < -0.4 is 19.9 Å². The Bertz CT molecular complexity index is 655. The molecule has 21 heavy (non-hydrogen) atoms. The van der Waals surface area contributed by atoms with Gasteiger partial charge in [-0.15, -0.1) is 11.3 Å². The van der Waals surface area contributed by atoms with Gasteiger partial charge < -0.3 is 25.1 Å². The van der Waals surface area contributed by atoms with Gasteiger partial charge in [-0.1, -0.05) is 0 Å². The number of benzene rings is 1. The highest BCUT2D eigenvalue weighted by atomic mass is 32.1. The maximum Gasteiger partial charge on any atom is 0.348 e. The number of hydrogen-bond acceptors (Lipinski definition) is 6. The molecule has 0 bridgehead atoms. The number of anilines is 1. The molecular formula is C14H15NO5S. The summed E-state index contributed by atoms with van der Waals surface area (Å²) in [5.74, 6) is 0.425. The molecule has 0 aliphatic heterocycles. The van der Waals surface area contributed by atoms with Crippen LogP contribution in [-0.4, -0.2) is 32.4 Å². The monoisotopic (exact) mass is 309 g/mol. The maximum atomic E-state index is 11.1. The van der Waals surface area contributed by atoms with E-state index in [-0.39, 0.29) is 10.6 Å². The largest absolute Gasteiger partial charge is 0.493 e. The molecule has 0 saturated heterocycles. The molecule has 0 amide bonds. The number of nitrogens with two attached hydrogens (primary N) is 1. The summed E-state index contributed by atoms with van der Waals surface area (Å²) in [5.41, 5.74) is 6.70. The highest BCUT2D eigenvalue weighted by Crippen LogP contribution is 2.43. The van der Waals surface area contributed by atoms with Gasteiger partial charge in [0.1, 0.15) is 4.88 Å². The van der Waals surface area contributed by atoms with Crippen LogP contribution >= 0.6 is 11.3 Å². The van der Waals surface area contributed by atoms with Crippen LogP contribution in [0.4, 0.5) is 5.69 Å². The highest BCUT2D eigenvalue weighted by molar-refractivity contribution is 7.17. The molecule has 2 rings (SSSR count). The first-order valence-electron chi connectivity index (χ1n) is 5.94. The van der Waals surface area contributed by atoms with Crippen molar-refractivity contribution in [3.05, 3.63) is 23.1 Å². The number of methoxy groups -OCH3 is 3. The molecule has 0 unspecified atom stereocenters. The zero-order chi connectivity index (χ0) is 15.6. The molecule has 0 aliphatic carbocycles. The Balaban J connectivity index is 2.59. The minimum Gasteiger partial charge on any atom is -0.493 e. The number of aromatic carboxylic acids is 1. The van der Waals surface area contributed by atoms with Crippen LogP contribution in [0.1, 0.15) is 9.67 Å². The van der Waals surface area contributed by atoms with Gasteiger partial charge in [0.2, 0.25) is 5.75 Å². The van der Waals surface area contributed by atoms with Crippen molar-refractivity contribution in [2.45, 2.75) is 0 Å². The highest BCUT2D eigenvalue weighted by Gasteiger charge is 2.18. The Hall–Kier alpha value is -2.41. The molecule has 1 heterocycles. The Labute approximate surface area is 125 Å². The van der Waals surface area contributed by atoms with Gasteiger partial charge in [0.15, 0.2) is 11.5 Å². The van der Waals surface area contributed by atoms with E-state index >= 15 is 0 Å². The summed E-state index contributed by atoms with van der Waals surface area (Å²) in [6, 6.07) is 5.12. The number of carbonyl (C=O) groups is 1. The molecule has 0 spiro atoms. The molecule has 3 N–H and O–H groups in total. The van der Waals surface area contributed by atoms with E-state index < -0.39 is 5.97 Å². The first-order chi connectivity index (χ1) is 10.0. The molecule has 1 aromatic carbocycles. The second-order valence-corrected chi connectivity index (χ2v) is 5.17. The average Bonchev–Trinajstić information content (AvgIpc) is 2.87. The first-order valence-corrected chi connectivity index (χ1v) is 6.76.